The van der Waals surface area contributed by atoms with E-state index in [1.54, 1.807) is 23.3 Å². The van der Waals surface area contributed by atoms with Crippen molar-refractivity contribution in [3.8, 4) is 5.75 Å². The van der Waals surface area contributed by atoms with Crippen molar-refractivity contribution in [2.24, 2.45) is 0 Å². The predicted molar refractivity (Wildman–Crippen MR) is 127 cm³/mol. The van der Waals surface area contributed by atoms with Gasteiger partial charge in [-0.25, -0.2) is 4.79 Å². The first-order valence-corrected chi connectivity index (χ1v) is 11.5. The summed E-state index contributed by atoms with van der Waals surface area (Å²) in [4.78, 5) is 12.1. The second-order valence-electron chi connectivity index (χ2n) is 8.56. The molecule has 0 fully saturated rings. The Bertz CT molecular complexity index is 1220. The minimum atomic E-state index is -1.04. The molecule has 1 N–H and O–H groups in total. The van der Waals surface area contributed by atoms with E-state index in [0.29, 0.717) is 5.75 Å². The molecule has 2 aromatic carbocycles. The molecule has 2 unspecified atom stereocenters. The van der Waals surface area contributed by atoms with E-state index < -0.39 is 12.1 Å². The lowest BCUT2D eigenvalue weighted by Crippen LogP contribution is -2.32. The van der Waals surface area contributed by atoms with Crippen molar-refractivity contribution in [3.63, 3.8) is 0 Å². The molecule has 2 aromatic heterocycles. The molecular weight excluding hydrogens is 428 g/mol. The van der Waals surface area contributed by atoms with Gasteiger partial charge in [-0.1, -0.05) is 42.5 Å². The number of carbonyl (C=O) groups is 1. The molecule has 7 nitrogen and oxygen atoms in total. The van der Waals surface area contributed by atoms with Gasteiger partial charge in [-0.2, -0.15) is 15.3 Å². The highest BCUT2D eigenvalue weighted by atomic mass is 16.5. The van der Waals surface area contributed by atoms with Gasteiger partial charge < -0.3 is 9.84 Å². The molecule has 0 radical (unpaired) electrons. The summed E-state index contributed by atoms with van der Waals surface area (Å²) >= 11 is 0. The molecule has 1 aliphatic rings. The van der Waals surface area contributed by atoms with Crippen molar-refractivity contribution in [1.82, 2.24) is 20.0 Å². The summed E-state index contributed by atoms with van der Waals surface area (Å²) in [6.45, 7) is 0.106. The van der Waals surface area contributed by atoms with Crippen LogP contribution in [0.25, 0.3) is 0 Å². The van der Waals surface area contributed by atoms with Crippen molar-refractivity contribution in [3.05, 3.63) is 107 Å². The van der Waals surface area contributed by atoms with Crippen LogP contribution in [-0.2, 0) is 24.2 Å². The smallest absolute Gasteiger partial charge is 0.346 e. The number of aromatic nitrogens is 4. The zero-order valence-corrected chi connectivity index (χ0v) is 18.7. The number of nitrogens with zero attached hydrogens (tertiary/aromatic N) is 4. The Hall–Kier alpha value is -4.00. The minimum absolute atomic E-state index is 0.0872. The summed E-state index contributed by atoms with van der Waals surface area (Å²) in [6.07, 6.45) is 10.2. The van der Waals surface area contributed by atoms with Crippen LogP contribution < -0.4 is 4.74 Å². The Morgan fingerprint density at radius 3 is 2.59 bits per heavy atom. The molecule has 2 atom stereocenters. The van der Waals surface area contributed by atoms with E-state index >= 15 is 0 Å². The van der Waals surface area contributed by atoms with Crippen molar-refractivity contribution in [1.29, 1.82) is 0 Å². The Morgan fingerprint density at radius 1 is 0.941 bits per heavy atom. The molecule has 0 aliphatic heterocycles. The third-order valence-corrected chi connectivity index (χ3v) is 6.31. The van der Waals surface area contributed by atoms with Crippen LogP contribution in [0.5, 0.6) is 5.75 Å². The fourth-order valence-electron chi connectivity index (χ4n) is 4.67. The summed E-state index contributed by atoms with van der Waals surface area (Å²) in [5.41, 5.74) is 5.42. The normalized spacial score (nSPS) is 14.7. The average Bonchev–Trinajstić information content (AvgIpc) is 3.33. The molecule has 4 aromatic rings. The number of benzene rings is 2. The van der Waals surface area contributed by atoms with Gasteiger partial charge in [0, 0.05) is 23.9 Å². The van der Waals surface area contributed by atoms with E-state index in [0.717, 1.165) is 47.9 Å². The monoisotopic (exact) mass is 454 g/mol. The lowest BCUT2D eigenvalue weighted by atomic mass is 9.88. The average molecular weight is 455 g/mol. The van der Waals surface area contributed by atoms with Gasteiger partial charge in [-0.15, -0.1) is 0 Å². The Balaban J connectivity index is 1.40. The van der Waals surface area contributed by atoms with Gasteiger partial charge in [0.05, 0.1) is 18.9 Å². The molecule has 0 spiro atoms. The van der Waals surface area contributed by atoms with Crippen molar-refractivity contribution < 1.29 is 14.6 Å². The first-order chi connectivity index (χ1) is 16.7. The summed E-state index contributed by atoms with van der Waals surface area (Å²) in [6, 6.07) is 17.9. The van der Waals surface area contributed by atoms with Crippen molar-refractivity contribution in [2.45, 2.75) is 44.2 Å². The maximum absolute atomic E-state index is 12.1. The number of rotatable bonds is 8. The van der Waals surface area contributed by atoms with Gasteiger partial charge in [-0.05, 0) is 60.1 Å². The molecule has 0 amide bonds. The minimum Gasteiger partial charge on any atom is -0.478 e. The largest absolute Gasteiger partial charge is 0.478 e. The van der Waals surface area contributed by atoms with E-state index in [1.807, 2.05) is 42.6 Å². The number of carboxylic acid groups (broad SMARTS) is 1. The summed E-state index contributed by atoms with van der Waals surface area (Å²) in [5.74, 6) is -0.429. The van der Waals surface area contributed by atoms with Crippen LogP contribution >= 0.6 is 0 Å². The zero-order chi connectivity index (χ0) is 23.3. The number of hydrogen-bond donors (Lipinski definition) is 1. The first-order valence-electron chi connectivity index (χ1n) is 11.5. The van der Waals surface area contributed by atoms with Gasteiger partial charge in [0.2, 0.25) is 6.10 Å². The summed E-state index contributed by atoms with van der Waals surface area (Å²) < 4.78 is 7.69. The number of aliphatic carboxylic acids is 1. The molecule has 0 bridgehead atoms. The fourth-order valence-corrected chi connectivity index (χ4v) is 4.67. The van der Waals surface area contributed by atoms with Crippen molar-refractivity contribution in [2.75, 3.05) is 0 Å². The molecule has 0 saturated heterocycles. The van der Waals surface area contributed by atoms with E-state index in [9.17, 15) is 9.90 Å². The number of ether oxygens (including phenoxy) is 1. The highest BCUT2D eigenvalue weighted by Crippen LogP contribution is 2.32. The van der Waals surface area contributed by atoms with E-state index in [4.69, 9.17) is 4.74 Å². The molecule has 5 rings (SSSR count). The van der Waals surface area contributed by atoms with Gasteiger partial charge in [0.1, 0.15) is 5.75 Å². The van der Waals surface area contributed by atoms with E-state index in [1.165, 1.54) is 5.56 Å². The molecule has 34 heavy (non-hydrogen) atoms. The molecular formula is C27H26N4O3. The van der Waals surface area contributed by atoms with Crippen LogP contribution in [0.2, 0.25) is 0 Å². The number of hydrogen-bond acceptors (Lipinski definition) is 5. The Morgan fingerprint density at radius 2 is 1.79 bits per heavy atom. The zero-order valence-electron chi connectivity index (χ0n) is 18.7. The SMILES string of the molecule is O=C(O)C(Cn1cc(C(c2ccccc2)c2ccnnc2)cn1)Oc1cccc2c1CCCC2. The maximum Gasteiger partial charge on any atom is 0.346 e. The molecule has 2 heterocycles. The summed E-state index contributed by atoms with van der Waals surface area (Å²) in [5, 5.41) is 22.3. The van der Waals surface area contributed by atoms with E-state index in [2.05, 4.69) is 33.5 Å². The highest BCUT2D eigenvalue weighted by Gasteiger charge is 2.25. The quantitative estimate of drug-likeness (QED) is 0.428. The second-order valence-corrected chi connectivity index (χ2v) is 8.56. The maximum atomic E-state index is 12.1. The topological polar surface area (TPSA) is 90.1 Å². The lowest BCUT2D eigenvalue weighted by molar-refractivity contribution is -0.145. The fraction of sp³-hybridized carbons (Fsp3) is 0.259. The number of carboxylic acids is 1. The molecule has 0 saturated carbocycles. The van der Waals surface area contributed by atoms with E-state index in [-0.39, 0.29) is 12.5 Å². The molecule has 172 valence electrons. The third kappa shape index (κ3) is 4.69. The van der Waals surface area contributed by atoms with Gasteiger partial charge in [0.15, 0.2) is 0 Å². The summed E-state index contributed by atoms with van der Waals surface area (Å²) in [7, 11) is 0. The number of aryl methyl sites for hydroxylation is 1. The molecule has 7 heteroatoms. The van der Waals surface area contributed by atoms with Crippen LogP contribution in [0.4, 0.5) is 0 Å². The number of fused-ring (bicyclic) bond motifs is 1. The van der Waals surface area contributed by atoms with Crippen molar-refractivity contribution >= 4 is 5.97 Å². The highest BCUT2D eigenvalue weighted by molar-refractivity contribution is 5.72. The Kier molecular flexibility index (Phi) is 6.33. The Labute approximate surface area is 198 Å². The van der Waals surface area contributed by atoms with Crippen LogP contribution in [0.1, 0.15) is 46.6 Å². The van der Waals surface area contributed by atoms with Crippen LogP contribution in [0.15, 0.2) is 79.4 Å². The molecule has 1 aliphatic carbocycles. The van der Waals surface area contributed by atoms with Gasteiger partial charge in [-0.3, -0.25) is 4.68 Å². The lowest BCUT2D eigenvalue weighted by Gasteiger charge is -2.22. The predicted octanol–water partition coefficient (Wildman–Crippen LogP) is 4.26. The standard InChI is InChI=1S/C27H26N4O3/c32-27(33)25(34-24-12-6-10-19-7-4-5-11-23(19)24)18-31-17-22(16-30-31)26(20-8-2-1-3-9-20)21-13-14-28-29-15-21/h1-3,6,8-10,12-17,25-26H,4-5,7,11,18H2,(H,32,33). The van der Waals surface area contributed by atoms with Gasteiger partial charge in [0.25, 0.3) is 0 Å². The van der Waals surface area contributed by atoms with Crippen LogP contribution in [0, 0.1) is 0 Å². The third-order valence-electron chi connectivity index (χ3n) is 6.31. The second kappa shape index (κ2) is 9.87. The first kappa shape index (κ1) is 21.8. The van der Waals surface area contributed by atoms with Crippen LogP contribution in [-0.4, -0.2) is 37.2 Å². The van der Waals surface area contributed by atoms with Crippen LogP contribution in [0.3, 0.4) is 0 Å². The van der Waals surface area contributed by atoms with Gasteiger partial charge >= 0.3 is 5.97 Å².